The number of hydrogen-bond donors (Lipinski definition) is 2. The van der Waals surface area contributed by atoms with Crippen LogP contribution in [-0.4, -0.2) is 40.6 Å². The summed E-state index contributed by atoms with van der Waals surface area (Å²) in [5, 5.41) is 11.7. The fraction of sp³-hybridized carbons (Fsp3) is 0.857. The van der Waals surface area contributed by atoms with Crippen LogP contribution in [0.3, 0.4) is 0 Å². The first-order valence-electron chi connectivity index (χ1n) is 7.13. The van der Waals surface area contributed by atoms with E-state index in [1.54, 1.807) is 0 Å². The van der Waals surface area contributed by atoms with Gasteiger partial charge < -0.3 is 15.3 Å². The van der Waals surface area contributed by atoms with Crippen molar-refractivity contribution >= 4 is 12.0 Å². The zero-order chi connectivity index (χ0) is 14.5. The van der Waals surface area contributed by atoms with Crippen molar-refractivity contribution in [2.75, 3.05) is 13.1 Å². The van der Waals surface area contributed by atoms with Gasteiger partial charge in [-0.05, 0) is 45.4 Å². The molecule has 0 aromatic heterocycles. The Kier molecular flexibility index (Phi) is 5.63. The molecule has 0 unspecified atom stereocenters. The smallest absolute Gasteiger partial charge is 0.317 e. The SMILES string of the molecule is CCC(C)(C)NC(=O)N1CCC(CCC(=O)O)CC1. The van der Waals surface area contributed by atoms with E-state index in [1.165, 1.54) is 0 Å². The molecule has 0 atom stereocenters. The van der Waals surface area contributed by atoms with Gasteiger partial charge in [0, 0.05) is 25.0 Å². The van der Waals surface area contributed by atoms with Crippen LogP contribution in [0, 0.1) is 5.92 Å². The number of hydrogen-bond acceptors (Lipinski definition) is 2. The lowest BCUT2D eigenvalue weighted by Gasteiger charge is -2.35. The van der Waals surface area contributed by atoms with Gasteiger partial charge >= 0.3 is 12.0 Å². The van der Waals surface area contributed by atoms with Crippen molar-refractivity contribution in [3.05, 3.63) is 0 Å². The molecule has 5 nitrogen and oxygen atoms in total. The van der Waals surface area contributed by atoms with E-state index < -0.39 is 5.97 Å². The molecular weight excluding hydrogens is 244 g/mol. The maximum absolute atomic E-state index is 12.1. The predicted octanol–water partition coefficient (Wildman–Crippen LogP) is 2.46. The second kappa shape index (κ2) is 6.78. The third-order valence-electron chi connectivity index (χ3n) is 4.00. The number of amides is 2. The molecule has 0 aromatic rings. The monoisotopic (exact) mass is 270 g/mol. The first-order chi connectivity index (χ1) is 8.84. The van der Waals surface area contributed by atoms with Crippen LogP contribution in [0.15, 0.2) is 0 Å². The highest BCUT2D eigenvalue weighted by Gasteiger charge is 2.26. The number of aliphatic carboxylic acids is 1. The molecule has 2 N–H and O–H groups in total. The van der Waals surface area contributed by atoms with E-state index in [0.717, 1.165) is 38.8 Å². The molecule has 1 heterocycles. The van der Waals surface area contributed by atoms with Gasteiger partial charge in [-0.3, -0.25) is 4.79 Å². The molecule has 19 heavy (non-hydrogen) atoms. The summed E-state index contributed by atoms with van der Waals surface area (Å²) in [7, 11) is 0. The van der Waals surface area contributed by atoms with E-state index in [0.29, 0.717) is 5.92 Å². The number of rotatable bonds is 5. The van der Waals surface area contributed by atoms with Gasteiger partial charge in [0.25, 0.3) is 0 Å². The fourth-order valence-electron chi connectivity index (χ4n) is 2.21. The van der Waals surface area contributed by atoms with Crippen molar-refractivity contribution in [1.82, 2.24) is 10.2 Å². The van der Waals surface area contributed by atoms with Crippen LogP contribution >= 0.6 is 0 Å². The Bertz CT molecular complexity index is 321. The lowest BCUT2D eigenvalue weighted by molar-refractivity contribution is -0.137. The number of carbonyl (C=O) groups excluding carboxylic acids is 1. The first kappa shape index (κ1) is 15.8. The van der Waals surface area contributed by atoms with Crippen LogP contribution in [0.25, 0.3) is 0 Å². The van der Waals surface area contributed by atoms with Gasteiger partial charge in [0.2, 0.25) is 0 Å². The van der Waals surface area contributed by atoms with Gasteiger partial charge in [0.15, 0.2) is 0 Å². The van der Waals surface area contributed by atoms with Gasteiger partial charge in [0.1, 0.15) is 0 Å². The molecule has 2 amide bonds. The van der Waals surface area contributed by atoms with Gasteiger partial charge in [-0.15, -0.1) is 0 Å². The Hall–Kier alpha value is -1.26. The third kappa shape index (κ3) is 5.49. The summed E-state index contributed by atoms with van der Waals surface area (Å²) in [4.78, 5) is 24.4. The summed E-state index contributed by atoms with van der Waals surface area (Å²) < 4.78 is 0. The van der Waals surface area contributed by atoms with E-state index in [2.05, 4.69) is 12.2 Å². The van der Waals surface area contributed by atoms with E-state index >= 15 is 0 Å². The average Bonchev–Trinajstić information content (AvgIpc) is 2.36. The Morgan fingerprint density at radius 1 is 1.32 bits per heavy atom. The van der Waals surface area contributed by atoms with Gasteiger partial charge in [0.05, 0.1) is 0 Å². The summed E-state index contributed by atoms with van der Waals surface area (Å²) in [6.07, 6.45) is 3.68. The van der Waals surface area contributed by atoms with Crippen LogP contribution < -0.4 is 5.32 Å². The molecule has 0 spiro atoms. The molecule has 1 rings (SSSR count). The summed E-state index contributed by atoms with van der Waals surface area (Å²) in [6, 6.07) is 0.00327. The van der Waals surface area contributed by atoms with Crippen molar-refractivity contribution in [2.24, 2.45) is 5.92 Å². The zero-order valence-corrected chi connectivity index (χ0v) is 12.2. The molecule has 0 saturated carbocycles. The van der Waals surface area contributed by atoms with Crippen molar-refractivity contribution in [3.8, 4) is 0 Å². The fourth-order valence-corrected chi connectivity index (χ4v) is 2.21. The van der Waals surface area contributed by atoms with Crippen LogP contribution in [0.2, 0.25) is 0 Å². The number of piperidine rings is 1. The number of carboxylic acid groups (broad SMARTS) is 1. The number of nitrogens with one attached hydrogen (secondary N) is 1. The highest BCUT2D eigenvalue weighted by atomic mass is 16.4. The lowest BCUT2D eigenvalue weighted by Crippen LogP contribution is -2.51. The largest absolute Gasteiger partial charge is 0.481 e. The molecule has 0 aromatic carbocycles. The van der Waals surface area contributed by atoms with E-state index in [-0.39, 0.29) is 18.0 Å². The predicted molar refractivity (Wildman–Crippen MR) is 74.1 cm³/mol. The summed E-state index contributed by atoms with van der Waals surface area (Å²) in [6.45, 7) is 7.55. The van der Waals surface area contributed by atoms with Crippen LogP contribution in [0.1, 0.15) is 52.9 Å². The second-order valence-electron chi connectivity index (χ2n) is 6.03. The number of carboxylic acids is 1. The maximum Gasteiger partial charge on any atom is 0.317 e. The Balaban J connectivity index is 2.33. The van der Waals surface area contributed by atoms with Crippen LogP contribution in [0.4, 0.5) is 4.79 Å². The molecule has 0 bridgehead atoms. The zero-order valence-electron chi connectivity index (χ0n) is 12.2. The Morgan fingerprint density at radius 3 is 2.37 bits per heavy atom. The normalized spacial score (nSPS) is 17.3. The molecule has 1 aliphatic heterocycles. The molecule has 1 aliphatic rings. The molecule has 5 heteroatoms. The molecule has 1 fully saturated rings. The highest BCUT2D eigenvalue weighted by Crippen LogP contribution is 2.22. The molecule has 110 valence electrons. The minimum Gasteiger partial charge on any atom is -0.481 e. The van der Waals surface area contributed by atoms with Gasteiger partial charge in [-0.1, -0.05) is 6.92 Å². The first-order valence-corrected chi connectivity index (χ1v) is 7.13. The van der Waals surface area contributed by atoms with Crippen molar-refractivity contribution < 1.29 is 14.7 Å². The highest BCUT2D eigenvalue weighted by molar-refractivity contribution is 5.75. The minimum absolute atomic E-state index is 0.00327. The molecule has 0 aliphatic carbocycles. The van der Waals surface area contributed by atoms with Crippen LogP contribution in [0.5, 0.6) is 0 Å². The lowest BCUT2D eigenvalue weighted by atomic mass is 9.92. The van der Waals surface area contributed by atoms with Crippen molar-refractivity contribution in [3.63, 3.8) is 0 Å². The maximum atomic E-state index is 12.1. The van der Waals surface area contributed by atoms with Crippen LogP contribution in [-0.2, 0) is 4.79 Å². The molecule has 1 saturated heterocycles. The summed E-state index contributed by atoms with van der Waals surface area (Å²) in [5.41, 5.74) is -0.169. The number of urea groups is 1. The number of likely N-dealkylation sites (tertiary alicyclic amines) is 1. The second-order valence-corrected chi connectivity index (χ2v) is 6.03. The quantitative estimate of drug-likeness (QED) is 0.806. The Morgan fingerprint density at radius 2 is 1.89 bits per heavy atom. The average molecular weight is 270 g/mol. The molecule has 0 radical (unpaired) electrons. The topological polar surface area (TPSA) is 69.6 Å². The standard InChI is InChI=1S/C14H26N2O3/c1-4-14(2,3)15-13(19)16-9-7-11(8-10-16)5-6-12(17)18/h11H,4-10H2,1-3H3,(H,15,19)(H,17,18). The number of nitrogens with zero attached hydrogens (tertiary/aromatic N) is 1. The minimum atomic E-state index is -0.732. The Labute approximate surface area is 115 Å². The number of carbonyl (C=O) groups is 2. The van der Waals surface area contributed by atoms with E-state index in [1.807, 2.05) is 18.7 Å². The van der Waals surface area contributed by atoms with Crippen molar-refractivity contribution in [2.45, 2.75) is 58.4 Å². The third-order valence-corrected chi connectivity index (χ3v) is 4.00. The van der Waals surface area contributed by atoms with E-state index in [9.17, 15) is 9.59 Å². The summed E-state index contributed by atoms with van der Waals surface area (Å²) in [5.74, 6) is -0.288. The van der Waals surface area contributed by atoms with Gasteiger partial charge in [-0.2, -0.15) is 0 Å². The van der Waals surface area contributed by atoms with E-state index in [4.69, 9.17) is 5.11 Å². The summed E-state index contributed by atoms with van der Waals surface area (Å²) >= 11 is 0. The van der Waals surface area contributed by atoms with Crippen molar-refractivity contribution in [1.29, 1.82) is 0 Å². The molecular formula is C14H26N2O3. The van der Waals surface area contributed by atoms with Gasteiger partial charge in [-0.25, -0.2) is 4.79 Å².